The molecular formula is C14H23N3. The minimum Gasteiger partial charge on any atom is -0.371 e. The largest absolute Gasteiger partial charge is 0.371 e. The summed E-state index contributed by atoms with van der Waals surface area (Å²) < 4.78 is 0. The fourth-order valence-electron chi connectivity index (χ4n) is 1.60. The quantitative estimate of drug-likeness (QED) is 0.765. The van der Waals surface area contributed by atoms with Crippen LogP contribution in [0.15, 0.2) is 30.5 Å². The van der Waals surface area contributed by atoms with E-state index < -0.39 is 0 Å². The van der Waals surface area contributed by atoms with Crippen molar-refractivity contribution in [2.24, 2.45) is 0 Å². The normalized spacial score (nSPS) is 10.6. The molecule has 1 rings (SSSR count). The van der Waals surface area contributed by atoms with Crippen molar-refractivity contribution in [3.63, 3.8) is 0 Å². The topological polar surface area (TPSA) is 28.2 Å². The van der Waals surface area contributed by atoms with Crippen molar-refractivity contribution in [1.82, 2.24) is 10.3 Å². The third kappa shape index (κ3) is 5.00. The molecule has 0 atom stereocenters. The molecule has 0 amide bonds. The maximum Gasteiger partial charge on any atom is 0.0562 e. The van der Waals surface area contributed by atoms with Gasteiger partial charge in [0.2, 0.25) is 0 Å². The Kier molecular flexibility index (Phi) is 5.16. The number of hydrogen-bond acceptors (Lipinski definition) is 3. The first-order valence-corrected chi connectivity index (χ1v) is 6.03. The molecule has 0 saturated carbocycles. The Morgan fingerprint density at radius 3 is 2.82 bits per heavy atom. The maximum absolute atomic E-state index is 4.36. The molecule has 0 aliphatic carbocycles. The zero-order valence-electron chi connectivity index (χ0n) is 11.3. The van der Waals surface area contributed by atoms with Gasteiger partial charge in [-0.15, -0.1) is 0 Å². The second-order valence-electron chi connectivity index (χ2n) is 4.85. The number of anilines is 1. The highest BCUT2D eigenvalue weighted by molar-refractivity contribution is 5.46. The van der Waals surface area contributed by atoms with E-state index in [2.05, 4.69) is 48.7 Å². The molecule has 0 aliphatic rings. The number of nitrogens with one attached hydrogen (secondary N) is 1. The second-order valence-corrected chi connectivity index (χ2v) is 4.85. The Balaban J connectivity index is 2.67. The summed E-state index contributed by atoms with van der Waals surface area (Å²) in [6.45, 7) is 11.9. The van der Waals surface area contributed by atoms with E-state index in [1.54, 1.807) is 0 Å². The van der Waals surface area contributed by atoms with Gasteiger partial charge in [-0.3, -0.25) is 4.98 Å². The standard InChI is InChI=1S/C14H23N3/c1-11(2)10-17(5)14-6-7-15-13(8-14)9-16-12(3)4/h6-8,12,16H,1,9-10H2,2-5H3. The Hall–Kier alpha value is -1.35. The van der Waals surface area contributed by atoms with Gasteiger partial charge in [-0.1, -0.05) is 26.0 Å². The van der Waals surface area contributed by atoms with Gasteiger partial charge in [0.25, 0.3) is 0 Å². The minimum atomic E-state index is 0.480. The van der Waals surface area contributed by atoms with E-state index in [1.165, 1.54) is 5.69 Å². The van der Waals surface area contributed by atoms with E-state index in [9.17, 15) is 0 Å². The van der Waals surface area contributed by atoms with Gasteiger partial charge in [-0.05, 0) is 19.1 Å². The second kappa shape index (κ2) is 6.40. The Labute approximate surface area is 105 Å². The number of aromatic nitrogens is 1. The highest BCUT2D eigenvalue weighted by Crippen LogP contribution is 2.13. The molecule has 0 spiro atoms. The fourth-order valence-corrected chi connectivity index (χ4v) is 1.60. The smallest absolute Gasteiger partial charge is 0.0562 e. The third-order valence-electron chi connectivity index (χ3n) is 2.44. The molecule has 0 aromatic carbocycles. The number of pyridine rings is 1. The number of hydrogen-bond donors (Lipinski definition) is 1. The Morgan fingerprint density at radius 2 is 2.24 bits per heavy atom. The van der Waals surface area contributed by atoms with Gasteiger partial charge in [0, 0.05) is 38.1 Å². The van der Waals surface area contributed by atoms with E-state index in [0.29, 0.717) is 6.04 Å². The molecule has 1 aromatic rings. The van der Waals surface area contributed by atoms with Crippen LogP contribution in [0.3, 0.4) is 0 Å². The van der Waals surface area contributed by atoms with Crippen LogP contribution in [0.5, 0.6) is 0 Å². The van der Waals surface area contributed by atoms with Crippen molar-refractivity contribution in [1.29, 1.82) is 0 Å². The van der Waals surface area contributed by atoms with Gasteiger partial charge in [-0.2, -0.15) is 0 Å². The fraction of sp³-hybridized carbons (Fsp3) is 0.500. The lowest BCUT2D eigenvalue weighted by Crippen LogP contribution is -2.23. The summed E-state index contributed by atoms with van der Waals surface area (Å²) in [5.74, 6) is 0. The first-order valence-electron chi connectivity index (χ1n) is 6.03. The molecule has 17 heavy (non-hydrogen) atoms. The van der Waals surface area contributed by atoms with Crippen LogP contribution in [0, 0.1) is 0 Å². The van der Waals surface area contributed by atoms with Crippen molar-refractivity contribution in [2.75, 3.05) is 18.5 Å². The van der Waals surface area contributed by atoms with E-state index in [4.69, 9.17) is 0 Å². The minimum absolute atomic E-state index is 0.480. The summed E-state index contributed by atoms with van der Waals surface area (Å²) in [5, 5.41) is 3.37. The summed E-state index contributed by atoms with van der Waals surface area (Å²) in [6.07, 6.45) is 1.86. The van der Waals surface area contributed by atoms with E-state index in [-0.39, 0.29) is 0 Å². The SMILES string of the molecule is C=C(C)CN(C)c1ccnc(CNC(C)C)c1. The van der Waals surface area contributed by atoms with Crippen molar-refractivity contribution >= 4 is 5.69 Å². The average molecular weight is 233 g/mol. The lowest BCUT2D eigenvalue weighted by atomic mass is 10.2. The molecule has 1 N–H and O–H groups in total. The third-order valence-corrected chi connectivity index (χ3v) is 2.44. The highest BCUT2D eigenvalue weighted by atomic mass is 15.1. The molecule has 0 unspecified atom stereocenters. The molecule has 94 valence electrons. The molecule has 0 fully saturated rings. The van der Waals surface area contributed by atoms with Crippen LogP contribution in [0.1, 0.15) is 26.5 Å². The van der Waals surface area contributed by atoms with E-state index in [0.717, 1.165) is 24.4 Å². The van der Waals surface area contributed by atoms with Crippen LogP contribution in [-0.2, 0) is 6.54 Å². The van der Waals surface area contributed by atoms with Crippen molar-refractivity contribution < 1.29 is 0 Å². The molecule has 0 saturated heterocycles. The molecule has 0 aliphatic heterocycles. The summed E-state index contributed by atoms with van der Waals surface area (Å²) >= 11 is 0. The molecule has 1 aromatic heterocycles. The average Bonchev–Trinajstić information content (AvgIpc) is 2.26. The van der Waals surface area contributed by atoms with Crippen molar-refractivity contribution in [3.05, 3.63) is 36.2 Å². The summed E-state index contributed by atoms with van der Waals surface area (Å²) in [6, 6.07) is 4.63. The summed E-state index contributed by atoms with van der Waals surface area (Å²) in [7, 11) is 2.07. The van der Waals surface area contributed by atoms with Crippen LogP contribution >= 0.6 is 0 Å². The first-order chi connectivity index (χ1) is 7.99. The molecule has 3 nitrogen and oxygen atoms in total. The van der Waals surface area contributed by atoms with E-state index >= 15 is 0 Å². The van der Waals surface area contributed by atoms with Gasteiger partial charge in [0.1, 0.15) is 0 Å². The highest BCUT2D eigenvalue weighted by Gasteiger charge is 2.03. The van der Waals surface area contributed by atoms with Crippen molar-refractivity contribution in [2.45, 2.75) is 33.4 Å². The van der Waals surface area contributed by atoms with E-state index in [1.807, 2.05) is 19.2 Å². The van der Waals surface area contributed by atoms with Crippen LogP contribution in [0.2, 0.25) is 0 Å². The zero-order chi connectivity index (χ0) is 12.8. The zero-order valence-corrected chi connectivity index (χ0v) is 11.3. The van der Waals surface area contributed by atoms with Gasteiger partial charge in [0.15, 0.2) is 0 Å². The monoisotopic (exact) mass is 233 g/mol. The van der Waals surface area contributed by atoms with Crippen LogP contribution in [0.4, 0.5) is 5.69 Å². The Bertz CT molecular complexity index is 371. The van der Waals surface area contributed by atoms with Crippen molar-refractivity contribution in [3.8, 4) is 0 Å². The summed E-state index contributed by atoms with van der Waals surface area (Å²) in [5.41, 5.74) is 3.42. The van der Waals surface area contributed by atoms with Crippen LogP contribution in [0.25, 0.3) is 0 Å². The van der Waals surface area contributed by atoms with Gasteiger partial charge < -0.3 is 10.2 Å². The summed E-state index contributed by atoms with van der Waals surface area (Å²) in [4.78, 5) is 6.54. The predicted octanol–water partition coefficient (Wildman–Crippen LogP) is 2.59. The van der Waals surface area contributed by atoms with Gasteiger partial charge in [0.05, 0.1) is 5.69 Å². The maximum atomic E-state index is 4.36. The molecule has 3 heteroatoms. The number of rotatable bonds is 6. The van der Waals surface area contributed by atoms with Gasteiger partial charge >= 0.3 is 0 Å². The molecule has 0 bridgehead atoms. The van der Waals surface area contributed by atoms with Crippen LogP contribution in [-0.4, -0.2) is 24.6 Å². The molecular weight excluding hydrogens is 210 g/mol. The lowest BCUT2D eigenvalue weighted by Gasteiger charge is -2.20. The predicted molar refractivity (Wildman–Crippen MR) is 74.3 cm³/mol. The number of nitrogens with zero attached hydrogens (tertiary/aromatic N) is 2. The lowest BCUT2D eigenvalue weighted by molar-refractivity contribution is 0.581. The van der Waals surface area contributed by atoms with Crippen LogP contribution < -0.4 is 10.2 Å². The Morgan fingerprint density at radius 1 is 1.53 bits per heavy atom. The molecule has 1 heterocycles. The first kappa shape index (κ1) is 13.7. The van der Waals surface area contributed by atoms with Gasteiger partial charge in [-0.25, -0.2) is 0 Å². The molecule has 0 radical (unpaired) electrons. The number of likely N-dealkylation sites (N-methyl/N-ethyl adjacent to an activating group) is 1.